The van der Waals surface area contributed by atoms with Crippen LogP contribution in [0.5, 0.6) is 5.75 Å². The van der Waals surface area contributed by atoms with Crippen molar-refractivity contribution in [1.82, 2.24) is 0 Å². The highest BCUT2D eigenvalue weighted by atomic mass is 79.9. The van der Waals surface area contributed by atoms with Crippen LogP contribution in [0.3, 0.4) is 0 Å². The first-order chi connectivity index (χ1) is 11.1. The Morgan fingerprint density at radius 1 is 1.00 bits per heavy atom. The van der Waals surface area contributed by atoms with Gasteiger partial charge in [0.2, 0.25) is 0 Å². The van der Waals surface area contributed by atoms with E-state index in [2.05, 4.69) is 21.2 Å². The van der Waals surface area contributed by atoms with E-state index in [9.17, 15) is 4.79 Å². The Balaban J connectivity index is 1.69. The summed E-state index contributed by atoms with van der Waals surface area (Å²) in [7, 11) is 0. The number of hydrogen-bond acceptors (Lipinski definition) is 2. The zero-order valence-electron chi connectivity index (χ0n) is 12.6. The molecule has 0 spiro atoms. The van der Waals surface area contributed by atoms with E-state index in [-0.39, 0.29) is 5.91 Å². The Morgan fingerprint density at radius 2 is 1.78 bits per heavy atom. The highest BCUT2D eigenvalue weighted by molar-refractivity contribution is 9.10. The Labute approximate surface area is 143 Å². The standard InChI is InChI=1S/C19H16BrNO2/c1-13(19(22)21-17-8-4-7-16(20)12-17)23-18-10-9-14-5-2-3-6-15(14)11-18/h2-13H,1H3,(H,21,22). The van der Waals surface area contributed by atoms with Gasteiger partial charge in [-0.15, -0.1) is 0 Å². The summed E-state index contributed by atoms with van der Waals surface area (Å²) in [6.07, 6.45) is -0.588. The molecule has 1 amide bonds. The van der Waals surface area contributed by atoms with Crippen LogP contribution >= 0.6 is 15.9 Å². The first-order valence-electron chi connectivity index (χ1n) is 7.34. The Morgan fingerprint density at radius 3 is 2.57 bits per heavy atom. The van der Waals surface area contributed by atoms with E-state index < -0.39 is 6.10 Å². The third kappa shape index (κ3) is 3.90. The molecule has 0 saturated carbocycles. The topological polar surface area (TPSA) is 38.3 Å². The van der Waals surface area contributed by atoms with Gasteiger partial charge in [-0.3, -0.25) is 4.79 Å². The van der Waals surface area contributed by atoms with Crippen molar-refractivity contribution in [3.05, 3.63) is 71.2 Å². The minimum absolute atomic E-state index is 0.184. The second kappa shape index (κ2) is 6.84. The molecule has 0 fully saturated rings. The number of anilines is 1. The van der Waals surface area contributed by atoms with Crippen LogP contribution in [-0.2, 0) is 4.79 Å². The lowest BCUT2D eigenvalue weighted by Crippen LogP contribution is -2.30. The van der Waals surface area contributed by atoms with E-state index >= 15 is 0 Å². The minimum atomic E-state index is -0.588. The molecule has 23 heavy (non-hydrogen) atoms. The summed E-state index contributed by atoms with van der Waals surface area (Å²) in [5, 5.41) is 5.08. The monoisotopic (exact) mass is 369 g/mol. The molecular weight excluding hydrogens is 354 g/mol. The van der Waals surface area contributed by atoms with Crippen LogP contribution in [0.2, 0.25) is 0 Å². The number of fused-ring (bicyclic) bond motifs is 1. The summed E-state index contributed by atoms with van der Waals surface area (Å²) in [6, 6.07) is 21.3. The van der Waals surface area contributed by atoms with Crippen molar-refractivity contribution in [1.29, 1.82) is 0 Å². The molecule has 4 heteroatoms. The first kappa shape index (κ1) is 15.6. The van der Waals surface area contributed by atoms with Gasteiger partial charge < -0.3 is 10.1 Å². The normalized spacial score (nSPS) is 11.9. The van der Waals surface area contributed by atoms with Gasteiger partial charge in [-0.05, 0) is 48.0 Å². The number of amides is 1. The zero-order valence-corrected chi connectivity index (χ0v) is 14.2. The molecule has 0 bridgehead atoms. The summed E-state index contributed by atoms with van der Waals surface area (Å²) in [5.74, 6) is 0.497. The predicted molar refractivity (Wildman–Crippen MR) is 96.8 cm³/mol. The molecule has 3 rings (SSSR count). The molecule has 0 radical (unpaired) electrons. The summed E-state index contributed by atoms with van der Waals surface area (Å²) in [6.45, 7) is 1.74. The van der Waals surface area contributed by atoms with Crippen LogP contribution in [-0.4, -0.2) is 12.0 Å². The number of benzene rings is 3. The van der Waals surface area contributed by atoms with Crippen LogP contribution < -0.4 is 10.1 Å². The smallest absolute Gasteiger partial charge is 0.265 e. The van der Waals surface area contributed by atoms with Crippen LogP contribution in [0.15, 0.2) is 71.2 Å². The van der Waals surface area contributed by atoms with Crippen molar-refractivity contribution < 1.29 is 9.53 Å². The van der Waals surface area contributed by atoms with Gasteiger partial charge in [0, 0.05) is 10.2 Å². The molecule has 0 heterocycles. The maximum Gasteiger partial charge on any atom is 0.265 e. The molecule has 3 aromatic carbocycles. The highest BCUT2D eigenvalue weighted by Crippen LogP contribution is 2.22. The average Bonchev–Trinajstić information content (AvgIpc) is 2.54. The van der Waals surface area contributed by atoms with E-state index in [0.29, 0.717) is 5.75 Å². The van der Waals surface area contributed by atoms with Crippen molar-refractivity contribution in [2.45, 2.75) is 13.0 Å². The molecule has 1 N–H and O–H groups in total. The van der Waals surface area contributed by atoms with Crippen molar-refractivity contribution in [3.8, 4) is 5.75 Å². The van der Waals surface area contributed by atoms with Crippen LogP contribution in [0.25, 0.3) is 10.8 Å². The second-order valence-electron chi connectivity index (χ2n) is 5.27. The molecule has 0 saturated heterocycles. The number of ether oxygens (including phenoxy) is 1. The first-order valence-corrected chi connectivity index (χ1v) is 8.13. The van der Waals surface area contributed by atoms with Gasteiger partial charge in [0.05, 0.1) is 0 Å². The second-order valence-corrected chi connectivity index (χ2v) is 6.18. The Hall–Kier alpha value is -2.33. The lowest BCUT2D eigenvalue weighted by atomic mass is 10.1. The van der Waals surface area contributed by atoms with Gasteiger partial charge in [0.15, 0.2) is 6.10 Å². The third-order valence-corrected chi connectivity index (χ3v) is 3.99. The summed E-state index contributed by atoms with van der Waals surface area (Å²) in [5.41, 5.74) is 0.735. The van der Waals surface area contributed by atoms with E-state index in [4.69, 9.17) is 4.74 Å². The van der Waals surface area contributed by atoms with E-state index in [1.165, 1.54) is 0 Å². The fraction of sp³-hybridized carbons (Fsp3) is 0.105. The van der Waals surface area contributed by atoms with E-state index in [1.807, 2.05) is 66.7 Å². The molecule has 3 aromatic rings. The number of rotatable bonds is 4. The number of hydrogen-bond donors (Lipinski definition) is 1. The van der Waals surface area contributed by atoms with Gasteiger partial charge in [0.25, 0.3) is 5.91 Å². The van der Waals surface area contributed by atoms with Gasteiger partial charge >= 0.3 is 0 Å². The molecule has 0 aliphatic rings. The van der Waals surface area contributed by atoms with Crippen LogP contribution in [0.1, 0.15) is 6.92 Å². The van der Waals surface area contributed by atoms with Crippen molar-refractivity contribution in [2.24, 2.45) is 0 Å². The highest BCUT2D eigenvalue weighted by Gasteiger charge is 2.15. The molecule has 116 valence electrons. The van der Waals surface area contributed by atoms with Crippen molar-refractivity contribution in [3.63, 3.8) is 0 Å². The number of nitrogens with one attached hydrogen (secondary N) is 1. The van der Waals surface area contributed by atoms with Gasteiger partial charge in [-0.2, -0.15) is 0 Å². The maximum atomic E-state index is 12.2. The summed E-state index contributed by atoms with van der Waals surface area (Å²) in [4.78, 5) is 12.2. The molecule has 1 unspecified atom stereocenters. The largest absolute Gasteiger partial charge is 0.481 e. The number of halogens is 1. The summed E-state index contributed by atoms with van der Waals surface area (Å²) < 4.78 is 6.68. The minimum Gasteiger partial charge on any atom is -0.481 e. The molecule has 0 aromatic heterocycles. The zero-order chi connectivity index (χ0) is 16.2. The molecule has 0 aliphatic carbocycles. The number of carbonyl (C=O) groups is 1. The number of carbonyl (C=O) groups excluding carboxylic acids is 1. The van der Waals surface area contributed by atoms with Gasteiger partial charge in [0.1, 0.15) is 5.75 Å². The fourth-order valence-electron chi connectivity index (χ4n) is 2.31. The van der Waals surface area contributed by atoms with Crippen LogP contribution in [0, 0.1) is 0 Å². The third-order valence-electron chi connectivity index (χ3n) is 3.50. The Kier molecular flexibility index (Phi) is 4.63. The lowest BCUT2D eigenvalue weighted by molar-refractivity contribution is -0.122. The van der Waals surface area contributed by atoms with E-state index in [1.54, 1.807) is 6.92 Å². The predicted octanol–water partition coefficient (Wildman–Crippen LogP) is 5.01. The van der Waals surface area contributed by atoms with E-state index in [0.717, 1.165) is 20.9 Å². The quantitative estimate of drug-likeness (QED) is 0.701. The average molecular weight is 370 g/mol. The SMILES string of the molecule is CC(Oc1ccc2ccccc2c1)C(=O)Nc1cccc(Br)c1. The lowest BCUT2D eigenvalue weighted by Gasteiger charge is -2.15. The molecule has 0 aliphatic heterocycles. The Bertz CT molecular complexity index is 847. The van der Waals surface area contributed by atoms with Crippen LogP contribution in [0.4, 0.5) is 5.69 Å². The fourth-order valence-corrected chi connectivity index (χ4v) is 2.71. The van der Waals surface area contributed by atoms with Crippen molar-refractivity contribution >= 4 is 38.3 Å². The summed E-state index contributed by atoms with van der Waals surface area (Å²) >= 11 is 3.38. The molecular formula is C19H16BrNO2. The van der Waals surface area contributed by atoms with Gasteiger partial charge in [-0.25, -0.2) is 0 Å². The molecule has 3 nitrogen and oxygen atoms in total. The molecule has 1 atom stereocenters. The maximum absolute atomic E-state index is 12.2. The van der Waals surface area contributed by atoms with Crippen molar-refractivity contribution in [2.75, 3.05) is 5.32 Å². The van der Waals surface area contributed by atoms with Gasteiger partial charge in [-0.1, -0.05) is 52.3 Å².